The molecular weight excluding hydrogens is 306 g/mol. The van der Waals surface area contributed by atoms with Gasteiger partial charge in [0.15, 0.2) is 0 Å². The van der Waals surface area contributed by atoms with Crippen molar-refractivity contribution in [2.24, 2.45) is 0 Å². The molecule has 21 heavy (non-hydrogen) atoms. The van der Waals surface area contributed by atoms with Crippen molar-refractivity contribution in [3.63, 3.8) is 0 Å². The van der Waals surface area contributed by atoms with Crippen LogP contribution in [0.5, 0.6) is 0 Å². The molecular formula is C14H25N3O2S2. The molecule has 7 heteroatoms. The van der Waals surface area contributed by atoms with Gasteiger partial charge in [-0.25, -0.2) is 8.42 Å². The van der Waals surface area contributed by atoms with E-state index in [-0.39, 0.29) is 0 Å². The molecule has 1 fully saturated rings. The summed E-state index contributed by atoms with van der Waals surface area (Å²) >= 11 is 1.38. The molecule has 0 unspecified atom stereocenters. The summed E-state index contributed by atoms with van der Waals surface area (Å²) in [6.45, 7) is 7.84. The minimum atomic E-state index is -3.33. The van der Waals surface area contributed by atoms with E-state index in [1.165, 1.54) is 11.3 Å². The van der Waals surface area contributed by atoms with Gasteiger partial charge in [-0.3, -0.25) is 0 Å². The van der Waals surface area contributed by atoms with E-state index in [4.69, 9.17) is 0 Å². The van der Waals surface area contributed by atoms with Crippen molar-refractivity contribution in [1.82, 2.24) is 14.5 Å². The summed E-state index contributed by atoms with van der Waals surface area (Å²) < 4.78 is 27.5. The number of rotatable bonds is 5. The van der Waals surface area contributed by atoms with Crippen LogP contribution >= 0.6 is 11.3 Å². The topological polar surface area (TPSA) is 52.7 Å². The third-order valence-electron chi connectivity index (χ3n) is 3.59. The Labute approximate surface area is 132 Å². The molecule has 0 saturated carbocycles. The van der Waals surface area contributed by atoms with Crippen LogP contribution in [0.25, 0.3) is 0 Å². The standard InChI is InChI=1S/C14H25N3O2S2/c1-12(2)15-11-13-5-6-14(20-13)21(18,19)17-8-4-7-16(3)9-10-17/h5-6,12,15H,4,7-11H2,1-3H3. The van der Waals surface area contributed by atoms with Crippen molar-refractivity contribution in [2.75, 3.05) is 33.2 Å². The van der Waals surface area contributed by atoms with E-state index in [1.807, 2.05) is 13.1 Å². The van der Waals surface area contributed by atoms with Gasteiger partial charge in [-0.1, -0.05) is 13.8 Å². The van der Waals surface area contributed by atoms with E-state index in [9.17, 15) is 8.42 Å². The van der Waals surface area contributed by atoms with Crippen molar-refractivity contribution < 1.29 is 8.42 Å². The van der Waals surface area contributed by atoms with Gasteiger partial charge >= 0.3 is 0 Å². The van der Waals surface area contributed by atoms with Crippen molar-refractivity contribution in [3.05, 3.63) is 17.0 Å². The third kappa shape index (κ3) is 4.50. The van der Waals surface area contributed by atoms with Gasteiger partial charge in [0, 0.05) is 37.1 Å². The summed E-state index contributed by atoms with van der Waals surface area (Å²) in [6, 6.07) is 4.05. The minimum absolute atomic E-state index is 0.397. The Morgan fingerprint density at radius 3 is 2.71 bits per heavy atom. The summed E-state index contributed by atoms with van der Waals surface area (Å²) in [5, 5.41) is 3.32. The summed E-state index contributed by atoms with van der Waals surface area (Å²) in [7, 11) is -1.29. The highest BCUT2D eigenvalue weighted by atomic mass is 32.2. The lowest BCUT2D eigenvalue weighted by Crippen LogP contribution is -2.34. The molecule has 1 aliphatic rings. The lowest BCUT2D eigenvalue weighted by atomic mass is 10.4. The molecule has 0 atom stereocenters. The molecule has 2 rings (SSSR count). The van der Waals surface area contributed by atoms with Crippen molar-refractivity contribution >= 4 is 21.4 Å². The monoisotopic (exact) mass is 331 g/mol. The molecule has 0 radical (unpaired) electrons. The van der Waals surface area contributed by atoms with Crippen LogP contribution in [0.1, 0.15) is 25.1 Å². The van der Waals surface area contributed by atoms with Crippen LogP contribution in [0.3, 0.4) is 0 Å². The van der Waals surface area contributed by atoms with E-state index < -0.39 is 10.0 Å². The maximum atomic E-state index is 12.7. The zero-order valence-corrected chi connectivity index (χ0v) is 14.6. The summed E-state index contributed by atoms with van der Waals surface area (Å²) in [5.74, 6) is 0. The second-order valence-electron chi connectivity index (χ2n) is 5.82. The predicted molar refractivity (Wildman–Crippen MR) is 87.2 cm³/mol. The van der Waals surface area contributed by atoms with Crippen LogP contribution in [-0.2, 0) is 16.6 Å². The van der Waals surface area contributed by atoms with Gasteiger partial charge in [-0.05, 0) is 32.1 Å². The number of likely N-dealkylation sites (N-methyl/N-ethyl adjacent to an activating group) is 1. The number of hydrogen-bond donors (Lipinski definition) is 1. The fourth-order valence-electron chi connectivity index (χ4n) is 2.29. The highest BCUT2D eigenvalue weighted by Gasteiger charge is 2.27. The largest absolute Gasteiger partial charge is 0.310 e. The number of nitrogens with zero attached hydrogens (tertiary/aromatic N) is 2. The Hall–Kier alpha value is -0.470. The minimum Gasteiger partial charge on any atom is -0.310 e. The number of hydrogen-bond acceptors (Lipinski definition) is 5. The maximum absolute atomic E-state index is 12.7. The summed E-state index contributed by atoms with van der Waals surface area (Å²) in [4.78, 5) is 3.25. The second-order valence-corrected chi connectivity index (χ2v) is 9.15. The lowest BCUT2D eigenvalue weighted by Gasteiger charge is -2.19. The molecule has 5 nitrogen and oxygen atoms in total. The average Bonchev–Trinajstić information content (AvgIpc) is 2.79. The van der Waals surface area contributed by atoms with Crippen LogP contribution in [0.15, 0.2) is 16.3 Å². The molecule has 1 aromatic rings. The molecule has 1 N–H and O–H groups in total. The molecule has 0 bridgehead atoms. The molecule has 0 aromatic carbocycles. The third-order valence-corrected chi connectivity index (χ3v) is 7.05. The van der Waals surface area contributed by atoms with E-state index in [0.717, 1.165) is 30.9 Å². The number of thiophene rings is 1. The van der Waals surface area contributed by atoms with E-state index >= 15 is 0 Å². The molecule has 2 heterocycles. The first-order valence-corrected chi connectivity index (χ1v) is 9.66. The molecule has 1 aliphatic heterocycles. The number of nitrogens with one attached hydrogen (secondary N) is 1. The summed E-state index contributed by atoms with van der Waals surface area (Å²) in [5.41, 5.74) is 0. The Morgan fingerprint density at radius 2 is 2.00 bits per heavy atom. The van der Waals surface area contributed by atoms with Crippen LogP contribution in [0.4, 0.5) is 0 Å². The molecule has 120 valence electrons. The van der Waals surface area contributed by atoms with Crippen molar-refractivity contribution in [3.8, 4) is 0 Å². The smallest absolute Gasteiger partial charge is 0.252 e. The molecule has 0 amide bonds. The van der Waals surface area contributed by atoms with E-state index in [1.54, 1.807) is 10.4 Å². The van der Waals surface area contributed by atoms with Gasteiger partial charge in [0.1, 0.15) is 4.21 Å². The van der Waals surface area contributed by atoms with Crippen LogP contribution in [0, 0.1) is 0 Å². The molecule has 0 spiro atoms. The Bertz CT molecular complexity index is 554. The van der Waals surface area contributed by atoms with Crippen molar-refractivity contribution in [2.45, 2.75) is 37.1 Å². The fraction of sp³-hybridized carbons (Fsp3) is 0.714. The highest BCUT2D eigenvalue weighted by molar-refractivity contribution is 7.91. The highest BCUT2D eigenvalue weighted by Crippen LogP contribution is 2.25. The average molecular weight is 332 g/mol. The van der Waals surface area contributed by atoms with Crippen LogP contribution in [-0.4, -0.2) is 56.9 Å². The fourth-order valence-corrected chi connectivity index (χ4v) is 5.22. The number of sulfonamides is 1. The lowest BCUT2D eigenvalue weighted by molar-refractivity contribution is 0.347. The van der Waals surface area contributed by atoms with Gasteiger partial charge in [-0.2, -0.15) is 4.31 Å². The van der Waals surface area contributed by atoms with Gasteiger partial charge in [-0.15, -0.1) is 11.3 Å². The molecule has 0 aliphatic carbocycles. The Kier molecular flexibility index (Phi) is 5.79. The first-order chi connectivity index (χ1) is 9.89. The Morgan fingerprint density at radius 1 is 1.24 bits per heavy atom. The molecule has 1 aromatic heterocycles. The normalized spacial score (nSPS) is 19.0. The maximum Gasteiger partial charge on any atom is 0.252 e. The molecule has 1 saturated heterocycles. The first kappa shape index (κ1) is 16.9. The summed E-state index contributed by atoms with van der Waals surface area (Å²) in [6.07, 6.45) is 0.892. The van der Waals surface area contributed by atoms with Crippen LogP contribution < -0.4 is 5.32 Å². The predicted octanol–water partition coefficient (Wildman–Crippen LogP) is 1.57. The zero-order valence-electron chi connectivity index (χ0n) is 13.0. The van der Waals surface area contributed by atoms with Crippen LogP contribution in [0.2, 0.25) is 0 Å². The van der Waals surface area contributed by atoms with Gasteiger partial charge < -0.3 is 10.2 Å². The quantitative estimate of drug-likeness (QED) is 0.890. The Balaban J connectivity index is 2.08. The van der Waals surface area contributed by atoms with Crippen molar-refractivity contribution in [1.29, 1.82) is 0 Å². The first-order valence-electron chi connectivity index (χ1n) is 7.40. The van der Waals surface area contributed by atoms with Gasteiger partial charge in [0.2, 0.25) is 0 Å². The SMILES string of the molecule is CC(C)NCc1ccc(S(=O)(=O)N2CCCN(C)CC2)s1. The van der Waals surface area contributed by atoms with E-state index in [2.05, 4.69) is 24.1 Å². The van der Waals surface area contributed by atoms with E-state index in [0.29, 0.717) is 23.3 Å². The zero-order chi connectivity index (χ0) is 15.5. The second kappa shape index (κ2) is 7.19. The van der Waals surface area contributed by atoms with Gasteiger partial charge in [0.25, 0.3) is 10.0 Å². The van der Waals surface area contributed by atoms with Gasteiger partial charge in [0.05, 0.1) is 0 Å².